The SMILES string of the molecule is O=C(CSc1ncccn1)N1CCC[C@@H](C(=O)N2CCOCC2)C1. The largest absolute Gasteiger partial charge is 0.378 e. The molecule has 0 saturated carbocycles. The maximum atomic E-state index is 12.6. The van der Waals surface area contributed by atoms with Gasteiger partial charge >= 0.3 is 0 Å². The molecule has 0 aromatic carbocycles. The van der Waals surface area contributed by atoms with E-state index in [4.69, 9.17) is 4.74 Å². The Morgan fingerprint density at radius 1 is 1.17 bits per heavy atom. The summed E-state index contributed by atoms with van der Waals surface area (Å²) in [4.78, 5) is 36.9. The van der Waals surface area contributed by atoms with E-state index in [0.29, 0.717) is 43.8 Å². The molecule has 1 aromatic rings. The van der Waals surface area contributed by atoms with E-state index >= 15 is 0 Å². The van der Waals surface area contributed by atoms with Gasteiger partial charge in [-0.3, -0.25) is 9.59 Å². The van der Waals surface area contributed by atoms with Gasteiger partial charge in [-0.25, -0.2) is 9.97 Å². The summed E-state index contributed by atoms with van der Waals surface area (Å²) >= 11 is 1.33. The van der Waals surface area contributed by atoms with Gasteiger partial charge in [-0.2, -0.15) is 0 Å². The van der Waals surface area contributed by atoms with Crippen molar-refractivity contribution in [1.82, 2.24) is 19.8 Å². The zero-order chi connectivity index (χ0) is 16.8. The van der Waals surface area contributed by atoms with Crippen molar-refractivity contribution in [2.75, 3.05) is 45.1 Å². The molecule has 7 nitrogen and oxygen atoms in total. The maximum absolute atomic E-state index is 12.6. The third-order valence-corrected chi connectivity index (χ3v) is 5.17. The van der Waals surface area contributed by atoms with Crippen LogP contribution in [-0.4, -0.2) is 76.7 Å². The zero-order valence-electron chi connectivity index (χ0n) is 13.6. The second-order valence-corrected chi connectivity index (χ2v) is 6.88. The minimum atomic E-state index is -0.0845. The summed E-state index contributed by atoms with van der Waals surface area (Å²) in [5.41, 5.74) is 0. The van der Waals surface area contributed by atoms with Gasteiger partial charge in [0.2, 0.25) is 11.8 Å². The normalized spacial score (nSPS) is 21.6. The monoisotopic (exact) mass is 350 g/mol. The Morgan fingerprint density at radius 3 is 2.67 bits per heavy atom. The molecular weight excluding hydrogens is 328 g/mol. The Hall–Kier alpha value is -1.67. The summed E-state index contributed by atoms with van der Waals surface area (Å²) < 4.78 is 5.30. The summed E-state index contributed by atoms with van der Waals surface area (Å²) in [5, 5.41) is 0.601. The summed E-state index contributed by atoms with van der Waals surface area (Å²) in [7, 11) is 0. The van der Waals surface area contributed by atoms with E-state index < -0.39 is 0 Å². The highest BCUT2D eigenvalue weighted by Crippen LogP contribution is 2.21. The van der Waals surface area contributed by atoms with Crippen LogP contribution in [0.25, 0.3) is 0 Å². The first-order chi connectivity index (χ1) is 11.7. The van der Waals surface area contributed by atoms with Crippen molar-refractivity contribution in [3.8, 4) is 0 Å². The molecule has 0 unspecified atom stereocenters. The van der Waals surface area contributed by atoms with Crippen molar-refractivity contribution in [3.63, 3.8) is 0 Å². The number of piperidine rings is 1. The van der Waals surface area contributed by atoms with Gasteiger partial charge in [0.25, 0.3) is 0 Å². The van der Waals surface area contributed by atoms with E-state index in [-0.39, 0.29) is 17.7 Å². The van der Waals surface area contributed by atoms with Crippen molar-refractivity contribution in [2.24, 2.45) is 5.92 Å². The fraction of sp³-hybridized carbons (Fsp3) is 0.625. The van der Waals surface area contributed by atoms with Crippen LogP contribution in [0, 0.1) is 5.92 Å². The lowest BCUT2D eigenvalue weighted by Crippen LogP contribution is -2.49. The fourth-order valence-corrected chi connectivity index (χ4v) is 3.73. The van der Waals surface area contributed by atoms with Gasteiger partial charge in [0.15, 0.2) is 5.16 Å². The number of carbonyl (C=O) groups is 2. The Balaban J connectivity index is 1.50. The molecule has 2 saturated heterocycles. The average molecular weight is 350 g/mol. The van der Waals surface area contributed by atoms with Crippen LogP contribution in [0.2, 0.25) is 0 Å². The minimum Gasteiger partial charge on any atom is -0.378 e. The minimum absolute atomic E-state index is 0.0481. The number of hydrogen-bond acceptors (Lipinski definition) is 6. The number of carbonyl (C=O) groups excluding carboxylic acids is 2. The van der Waals surface area contributed by atoms with E-state index in [0.717, 1.165) is 19.4 Å². The number of amides is 2. The number of rotatable bonds is 4. The molecule has 0 radical (unpaired) electrons. The standard InChI is InChI=1S/C16H22N4O3S/c21-14(12-24-16-17-4-2-5-18-16)20-6-1-3-13(11-20)15(22)19-7-9-23-10-8-19/h2,4-5,13H,1,3,6-12H2/t13-/m1/s1. The molecule has 2 aliphatic rings. The molecule has 1 aromatic heterocycles. The fourth-order valence-electron chi connectivity index (χ4n) is 3.02. The molecule has 0 aliphatic carbocycles. The van der Waals surface area contributed by atoms with E-state index in [2.05, 4.69) is 9.97 Å². The second-order valence-electron chi connectivity index (χ2n) is 5.94. The summed E-state index contributed by atoms with van der Waals surface area (Å²) in [5.74, 6) is 0.434. The lowest BCUT2D eigenvalue weighted by molar-refractivity contribution is -0.143. The molecular formula is C16H22N4O3S. The molecule has 2 aliphatic heterocycles. The summed E-state index contributed by atoms with van der Waals surface area (Å²) in [6.07, 6.45) is 5.06. The predicted molar refractivity (Wildman–Crippen MR) is 89.5 cm³/mol. The zero-order valence-corrected chi connectivity index (χ0v) is 14.4. The molecule has 2 amide bonds. The molecule has 24 heavy (non-hydrogen) atoms. The van der Waals surface area contributed by atoms with Gasteiger partial charge in [-0.05, 0) is 18.9 Å². The number of hydrogen-bond donors (Lipinski definition) is 0. The molecule has 3 heterocycles. The van der Waals surface area contributed by atoms with Crippen LogP contribution in [0.4, 0.5) is 0 Å². The number of ether oxygens (including phenoxy) is 1. The van der Waals surface area contributed by atoms with Crippen molar-refractivity contribution in [1.29, 1.82) is 0 Å². The lowest BCUT2D eigenvalue weighted by atomic mass is 9.96. The highest BCUT2D eigenvalue weighted by Gasteiger charge is 2.31. The van der Waals surface area contributed by atoms with Crippen LogP contribution >= 0.6 is 11.8 Å². The van der Waals surface area contributed by atoms with Gasteiger partial charge in [0.05, 0.1) is 24.9 Å². The van der Waals surface area contributed by atoms with Crippen LogP contribution in [0.5, 0.6) is 0 Å². The van der Waals surface area contributed by atoms with Crippen LogP contribution in [-0.2, 0) is 14.3 Å². The van der Waals surface area contributed by atoms with Gasteiger partial charge in [-0.15, -0.1) is 0 Å². The number of aromatic nitrogens is 2. The van der Waals surface area contributed by atoms with E-state index in [1.54, 1.807) is 18.5 Å². The number of morpholine rings is 1. The number of likely N-dealkylation sites (tertiary alicyclic amines) is 1. The molecule has 2 fully saturated rings. The Kier molecular flexibility index (Phi) is 6.03. The first-order valence-electron chi connectivity index (χ1n) is 8.28. The third-order valence-electron chi connectivity index (χ3n) is 4.31. The maximum Gasteiger partial charge on any atom is 0.233 e. The van der Waals surface area contributed by atoms with Crippen LogP contribution in [0.3, 0.4) is 0 Å². The van der Waals surface area contributed by atoms with Crippen LogP contribution in [0.15, 0.2) is 23.6 Å². The van der Waals surface area contributed by atoms with Gasteiger partial charge < -0.3 is 14.5 Å². The summed E-state index contributed by atoms with van der Waals surface area (Å²) in [6, 6.07) is 1.75. The number of thioether (sulfide) groups is 1. The molecule has 1 atom stereocenters. The van der Waals surface area contributed by atoms with Gasteiger partial charge in [-0.1, -0.05) is 11.8 Å². The van der Waals surface area contributed by atoms with E-state index in [1.165, 1.54) is 11.8 Å². The van der Waals surface area contributed by atoms with Crippen LogP contribution in [0.1, 0.15) is 12.8 Å². The van der Waals surface area contributed by atoms with Crippen molar-refractivity contribution >= 4 is 23.6 Å². The second kappa shape index (κ2) is 8.43. The first-order valence-corrected chi connectivity index (χ1v) is 9.27. The van der Waals surface area contributed by atoms with Crippen molar-refractivity contribution < 1.29 is 14.3 Å². The molecule has 3 rings (SSSR count). The average Bonchev–Trinajstić information content (AvgIpc) is 2.67. The molecule has 8 heteroatoms. The van der Waals surface area contributed by atoms with E-state index in [9.17, 15) is 9.59 Å². The van der Waals surface area contributed by atoms with Gasteiger partial charge in [0, 0.05) is 38.6 Å². The highest BCUT2D eigenvalue weighted by molar-refractivity contribution is 7.99. The topological polar surface area (TPSA) is 75.6 Å². The van der Waals surface area contributed by atoms with E-state index in [1.807, 2.05) is 9.80 Å². The number of nitrogens with zero attached hydrogens (tertiary/aromatic N) is 4. The molecule has 0 bridgehead atoms. The van der Waals surface area contributed by atoms with Crippen LogP contribution < -0.4 is 0 Å². The Morgan fingerprint density at radius 2 is 1.92 bits per heavy atom. The quantitative estimate of drug-likeness (QED) is 0.587. The van der Waals surface area contributed by atoms with Crippen molar-refractivity contribution in [2.45, 2.75) is 18.0 Å². The first kappa shape index (κ1) is 17.2. The van der Waals surface area contributed by atoms with Crippen molar-refractivity contribution in [3.05, 3.63) is 18.5 Å². The molecule has 0 spiro atoms. The summed E-state index contributed by atoms with van der Waals surface area (Å²) in [6.45, 7) is 3.77. The molecule has 0 N–H and O–H groups in total. The Bertz CT molecular complexity index is 566. The third kappa shape index (κ3) is 4.45. The Labute approximate surface area is 145 Å². The molecule has 130 valence electrons. The smallest absolute Gasteiger partial charge is 0.233 e. The predicted octanol–water partition coefficient (Wildman–Crippen LogP) is 0.666. The highest BCUT2D eigenvalue weighted by atomic mass is 32.2. The lowest BCUT2D eigenvalue weighted by Gasteiger charge is -2.36. The van der Waals surface area contributed by atoms with Gasteiger partial charge in [0.1, 0.15) is 0 Å².